The largest absolute Gasteiger partial charge is 0.496 e. The summed E-state index contributed by atoms with van der Waals surface area (Å²) < 4.78 is 5.03. The molecule has 1 aromatic rings. The van der Waals surface area contributed by atoms with Gasteiger partial charge in [0.1, 0.15) is 5.75 Å². The third-order valence-corrected chi connectivity index (χ3v) is 2.21. The maximum atomic E-state index is 10.8. The minimum atomic E-state index is -0.0653. The fraction of sp³-hybridized carbons (Fsp3) is 0.286. The lowest BCUT2D eigenvalue weighted by atomic mass is 10.1. The number of benzene rings is 1. The van der Waals surface area contributed by atoms with Crippen LogP contribution in [0.25, 0.3) is 0 Å². The average Bonchev–Trinajstić information content (AvgIpc) is 2.37. The van der Waals surface area contributed by atoms with Crippen molar-refractivity contribution in [2.75, 3.05) is 13.7 Å². The fourth-order valence-electron chi connectivity index (χ4n) is 1.37. The Bertz CT molecular complexity index is 497. The lowest BCUT2D eigenvalue weighted by Crippen LogP contribution is -2.20. The third kappa shape index (κ3) is 4.30. The molecule has 0 saturated carbocycles. The van der Waals surface area contributed by atoms with Gasteiger partial charge in [-0.1, -0.05) is 11.8 Å². The second kappa shape index (κ2) is 7.13. The lowest BCUT2D eigenvalue weighted by Gasteiger charge is -2.02. The molecule has 0 unspecified atom stereocenters. The van der Waals surface area contributed by atoms with Crippen LogP contribution in [0.4, 0.5) is 0 Å². The minimum Gasteiger partial charge on any atom is -0.496 e. The molecule has 94 valence electrons. The smallest absolute Gasteiger partial charge is 0.216 e. The summed E-state index contributed by atoms with van der Waals surface area (Å²) in [5.41, 5.74) is 1.23. The number of amides is 1. The molecule has 0 fully saturated rings. The minimum absolute atomic E-state index is 0.0653. The number of carbonyl (C=O) groups is 2. The molecule has 0 bridgehead atoms. The van der Waals surface area contributed by atoms with Gasteiger partial charge in [0.15, 0.2) is 6.29 Å². The van der Waals surface area contributed by atoms with Gasteiger partial charge in [0.05, 0.1) is 12.7 Å². The van der Waals surface area contributed by atoms with Crippen molar-refractivity contribution in [3.63, 3.8) is 0 Å². The van der Waals surface area contributed by atoms with Crippen LogP contribution < -0.4 is 10.1 Å². The van der Waals surface area contributed by atoms with Crippen LogP contribution in [0.5, 0.6) is 5.75 Å². The van der Waals surface area contributed by atoms with Crippen molar-refractivity contribution in [2.24, 2.45) is 0 Å². The van der Waals surface area contributed by atoms with Gasteiger partial charge < -0.3 is 10.1 Å². The zero-order valence-electron chi connectivity index (χ0n) is 10.4. The van der Waals surface area contributed by atoms with E-state index in [1.807, 2.05) is 0 Å². The summed E-state index contributed by atoms with van der Waals surface area (Å²) in [5.74, 6) is 6.32. The summed E-state index contributed by atoms with van der Waals surface area (Å²) in [6.45, 7) is 1.99. The molecule has 0 aliphatic rings. The Morgan fingerprint density at radius 1 is 1.50 bits per heavy atom. The van der Waals surface area contributed by atoms with Gasteiger partial charge in [-0.2, -0.15) is 0 Å². The molecule has 1 N–H and O–H groups in total. The summed E-state index contributed by atoms with van der Waals surface area (Å²) >= 11 is 0. The zero-order chi connectivity index (χ0) is 13.4. The van der Waals surface area contributed by atoms with Crippen LogP contribution in [0, 0.1) is 11.8 Å². The van der Waals surface area contributed by atoms with Gasteiger partial charge in [0, 0.05) is 25.5 Å². The van der Waals surface area contributed by atoms with Crippen molar-refractivity contribution in [3.05, 3.63) is 29.3 Å². The summed E-state index contributed by atoms with van der Waals surface area (Å²) in [6.07, 6.45) is 1.31. The first kappa shape index (κ1) is 13.8. The van der Waals surface area contributed by atoms with Crippen LogP contribution in [0.3, 0.4) is 0 Å². The Balaban J connectivity index is 2.65. The molecule has 0 aromatic heterocycles. The first-order valence-electron chi connectivity index (χ1n) is 5.54. The van der Waals surface area contributed by atoms with Crippen molar-refractivity contribution in [2.45, 2.75) is 13.3 Å². The second-order valence-corrected chi connectivity index (χ2v) is 3.61. The molecule has 0 heterocycles. The Morgan fingerprint density at radius 2 is 2.28 bits per heavy atom. The maximum absolute atomic E-state index is 10.8. The van der Waals surface area contributed by atoms with Crippen molar-refractivity contribution in [1.29, 1.82) is 0 Å². The van der Waals surface area contributed by atoms with E-state index in [1.54, 1.807) is 18.2 Å². The van der Waals surface area contributed by atoms with Gasteiger partial charge in [0.25, 0.3) is 0 Å². The van der Waals surface area contributed by atoms with Crippen LogP contribution in [-0.4, -0.2) is 25.8 Å². The van der Waals surface area contributed by atoms with E-state index < -0.39 is 0 Å². The van der Waals surface area contributed by atoms with Gasteiger partial charge in [0.2, 0.25) is 5.91 Å². The number of hydrogen-bond acceptors (Lipinski definition) is 3. The highest BCUT2D eigenvalue weighted by molar-refractivity contribution is 5.80. The highest BCUT2D eigenvalue weighted by atomic mass is 16.5. The van der Waals surface area contributed by atoms with E-state index >= 15 is 0 Å². The Morgan fingerprint density at radius 3 is 2.89 bits per heavy atom. The molecule has 1 rings (SSSR count). The normalized spacial score (nSPS) is 9.00. The molecule has 1 amide bonds. The lowest BCUT2D eigenvalue weighted by molar-refractivity contribution is -0.118. The number of carbonyl (C=O) groups excluding carboxylic acids is 2. The number of aldehydes is 1. The molecule has 0 spiro atoms. The number of nitrogens with one attached hydrogen (secondary N) is 1. The van der Waals surface area contributed by atoms with Crippen molar-refractivity contribution in [1.82, 2.24) is 5.32 Å². The highest BCUT2D eigenvalue weighted by Gasteiger charge is 2.01. The molecule has 4 nitrogen and oxygen atoms in total. The molecule has 0 aliphatic carbocycles. The van der Waals surface area contributed by atoms with Gasteiger partial charge in [-0.25, -0.2) is 0 Å². The Hall–Kier alpha value is -2.28. The van der Waals surface area contributed by atoms with E-state index in [1.165, 1.54) is 14.0 Å². The van der Waals surface area contributed by atoms with Crippen molar-refractivity contribution >= 4 is 12.2 Å². The first-order chi connectivity index (χ1) is 8.67. The molecule has 1 aromatic carbocycles. The van der Waals surface area contributed by atoms with Crippen LogP contribution in [0.15, 0.2) is 18.2 Å². The van der Waals surface area contributed by atoms with E-state index in [2.05, 4.69) is 17.2 Å². The molecule has 18 heavy (non-hydrogen) atoms. The van der Waals surface area contributed by atoms with Crippen molar-refractivity contribution in [3.8, 4) is 17.6 Å². The summed E-state index contributed by atoms with van der Waals surface area (Å²) in [5, 5.41) is 2.65. The monoisotopic (exact) mass is 245 g/mol. The average molecular weight is 245 g/mol. The number of ether oxygens (including phenoxy) is 1. The number of rotatable bonds is 4. The van der Waals surface area contributed by atoms with Gasteiger partial charge in [-0.15, -0.1) is 0 Å². The van der Waals surface area contributed by atoms with Crippen LogP contribution in [-0.2, 0) is 4.79 Å². The van der Waals surface area contributed by atoms with Gasteiger partial charge in [-0.05, 0) is 18.2 Å². The van der Waals surface area contributed by atoms with Crippen LogP contribution >= 0.6 is 0 Å². The van der Waals surface area contributed by atoms with E-state index in [-0.39, 0.29) is 5.91 Å². The first-order valence-corrected chi connectivity index (χ1v) is 5.54. The Labute approximate surface area is 106 Å². The van der Waals surface area contributed by atoms with E-state index in [9.17, 15) is 9.59 Å². The molecule has 0 saturated heterocycles. The van der Waals surface area contributed by atoms with E-state index in [0.717, 1.165) is 11.8 Å². The topological polar surface area (TPSA) is 55.4 Å². The van der Waals surface area contributed by atoms with E-state index in [4.69, 9.17) is 4.74 Å². The van der Waals surface area contributed by atoms with Gasteiger partial charge in [-0.3, -0.25) is 9.59 Å². The molecule has 0 aliphatic heterocycles. The predicted molar refractivity (Wildman–Crippen MR) is 68.6 cm³/mol. The number of methoxy groups -OCH3 is 1. The predicted octanol–water partition coefficient (Wildman–Crippen LogP) is 1.39. The van der Waals surface area contributed by atoms with Crippen LogP contribution in [0.2, 0.25) is 0 Å². The fourth-order valence-corrected chi connectivity index (χ4v) is 1.37. The highest BCUT2D eigenvalue weighted by Crippen LogP contribution is 2.17. The second-order valence-electron chi connectivity index (χ2n) is 3.61. The molecular formula is C14H15NO3. The quantitative estimate of drug-likeness (QED) is 0.495. The SMILES string of the molecule is COc1ccc(C#CCCNC(C)=O)cc1C=O. The molecule has 4 heteroatoms. The molecule has 0 atom stereocenters. The zero-order valence-corrected chi connectivity index (χ0v) is 10.4. The summed E-state index contributed by atoms with van der Waals surface area (Å²) in [7, 11) is 1.51. The Kier molecular flexibility index (Phi) is 5.46. The summed E-state index contributed by atoms with van der Waals surface area (Å²) in [6, 6.07) is 5.18. The summed E-state index contributed by atoms with van der Waals surface area (Å²) in [4.78, 5) is 21.4. The third-order valence-electron chi connectivity index (χ3n) is 2.21. The number of hydrogen-bond donors (Lipinski definition) is 1. The standard InChI is InChI=1S/C14H15NO3/c1-11(17)15-8-4-3-5-12-6-7-14(18-2)13(9-12)10-16/h6-7,9-10H,4,8H2,1-2H3,(H,15,17). The van der Waals surface area contributed by atoms with Gasteiger partial charge >= 0.3 is 0 Å². The van der Waals surface area contributed by atoms with E-state index in [0.29, 0.717) is 24.3 Å². The molecule has 0 radical (unpaired) electrons. The maximum Gasteiger partial charge on any atom is 0.216 e. The van der Waals surface area contributed by atoms with Crippen molar-refractivity contribution < 1.29 is 14.3 Å². The molecular weight excluding hydrogens is 230 g/mol. The van der Waals surface area contributed by atoms with Crippen LogP contribution in [0.1, 0.15) is 29.3 Å².